The van der Waals surface area contributed by atoms with Crippen molar-refractivity contribution in [3.8, 4) is 0 Å². The van der Waals surface area contributed by atoms with Crippen LogP contribution in [0, 0.1) is 5.82 Å². The van der Waals surface area contributed by atoms with Gasteiger partial charge in [0.1, 0.15) is 5.82 Å². The maximum Gasteiger partial charge on any atom is 0.251 e. The third-order valence-electron chi connectivity index (χ3n) is 2.82. The largest absolute Gasteiger partial charge is 0.346 e. The summed E-state index contributed by atoms with van der Waals surface area (Å²) in [6.07, 6.45) is 0. The second-order valence-corrected chi connectivity index (χ2v) is 4.69. The van der Waals surface area contributed by atoms with Gasteiger partial charge in [-0.1, -0.05) is 23.7 Å². The summed E-state index contributed by atoms with van der Waals surface area (Å²) in [6, 6.07) is 12.6. The molecule has 2 rings (SSSR count). The Bertz CT molecular complexity index is 566. The highest BCUT2D eigenvalue weighted by atomic mass is 35.5. The van der Waals surface area contributed by atoms with E-state index in [9.17, 15) is 9.18 Å². The molecule has 4 heteroatoms. The van der Waals surface area contributed by atoms with Crippen LogP contribution in [-0.4, -0.2) is 5.91 Å². The van der Waals surface area contributed by atoms with Gasteiger partial charge in [0.15, 0.2) is 0 Å². The number of hydrogen-bond donors (Lipinski definition) is 1. The number of benzene rings is 2. The Morgan fingerprint density at radius 2 is 1.68 bits per heavy atom. The summed E-state index contributed by atoms with van der Waals surface area (Å²) in [7, 11) is 0. The number of rotatable bonds is 3. The van der Waals surface area contributed by atoms with Crippen molar-refractivity contribution >= 4 is 17.5 Å². The maximum absolute atomic E-state index is 12.8. The summed E-state index contributed by atoms with van der Waals surface area (Å²) in [6.45, 7) is 1.88. The van der Waals surface area contributed by atoms with Crippen LogP contribution in [0.1, 0.15) is 28.9 Å². The highest BCUT2D eigenvalue weighted by Gasteiger charge is 2.11. The number of halogens is 2. The molecule has 0 radical (unpaired) electrons. The number of amides is 1. The third kappa shape index (κ3) is 3.55. The van der Waals surface area contributed by atoms with E-state index >= 15 is 0 Å². The van der Waals surface area contributed by atoms with E-state index in [2.05, 4.69) is 5.32 Å². The Labute approximate surface area is 116 Å². The van der Waals surface area contributed by atoms with E-state index in [1.54, 1.807) is 12.1 Å². The fourth-order valence-electron chi connectivity index (χ4n) is 1.72. The van der Waals surface area contributed by atoms with Crippen LogP contribution >= 0.6 is 11.6 Å². The molecule has 0 aromatic heterocycles. The summed E-state index contributed by atoms with van der Waals surface area (Å²) >= 11 is 5.81. The number of carbonyl (C=O) groups is 1. The first-order valence-electron chi connectivity index (χ1n) is 5.88. The van der Waals surface area contributed by atoms with Crippen LogP contribution < -0.4 is 5.32 Å². The van der Waals surface area contributed by atoms with Crippen LogP contribution in [0.4, 0.5) is 4.39 Å². The number of nitrogens with one attached hydrogen (secondary N) is 1. The summed E-state index contributed by atoms with van der Waals surface area (Å²) in [5.74, 6) is -0.593. The van der Waals surface area contributed by atoms with Crippen LogP contribution in [0.2, 0.25) is 5.02 Å². The number of carbonyl (C=O) groups excluding carboxylic acids is 1. The predicted octanol–water partition coefficient (Wildman–Crippen LogP) is 3.97. The molecule has 0 saturated heterocycles. The first-order valence-corrected chi connectivity index (χ1v) is 6.26. The smallest absolute Gasteiger partial charge is 0.251 e. The van der Waals surface area contributed by atoms with Gasteiger partial charge in [-0.15, -0.1) is 0 Å². The molecule has 1 amide bonds. The molecule has 2 aromatic carbocycles. The van der Waals surface area contributed by atoms with Gasteiger partial charge in [-0.2, -0.15) is 0 Å². The molecule has 1 N–H and O–H groups in total. The quantitative estimate of drug-likeness (QED) is 0.904. The van der Waals surface area contributed by atoms with Gasteiger partial charge in [-0.3, -0.25) is 4.79 Å². The van der Waals surface area contributed by atoms with Gasteiger partial charge < -0.3 is 5.32 Å². The van der Waals surface area contributed by atoms with Gasteiger partial charge in [-0.25, -0.2) is 4.39 Å². The lowest BCUT2D eigenvalue weighted by Crippen LogP contribution is -2.26. The molecule has 0 aliphatic rings. The summed E-state index contributed by atoms with van der Waals surface area (Å²) in [4.78, 5) is 11.9. The first kappa shape index (κ1) is 13.6. The molecule has 1 unspecified atom stereocenters. The molecule has 0 spiro atoms. The average Bonchev–Trinajstić information content (AvgIpc) is 2.40. The van der Waals surface area contributed by atoms with Gasteiger partial charge in [0, 0.05) is 10.6 Å². The van der Waals surface area contributed by atoms with Crippen LogP contribution in [-0.2, 0) is 0 Å². The van der Waals surface area contributed by atoms with Crippen molar-refractivity contribution in [2.75, 3.05) is 0 Å². The van der Waals surface area contributed by atoms with Crippen molar-refractivity contribution in [1.29, 1.82) is 0 Å². The van der Waals surface area contributed by atoms with Crippen LogP contribution in [0.3, 0.4) is 0 Å². The molecule has 2 aromatic rings. The highest BCUT2D eigenvalue weighted by Crippen LogP contribution is 2.16. The monoisotopic (exact) mass is 277 g/mol. The Kier molecular flexibility index (Phi) is 4.17. The Hall–Kier alpha value is -1.87. The Balaban J connectivity index is 2.06. The fraction of sp³-hybridized carbons (Fsp3) is 0.133. The van der Waals surface area contributed by atoms with Gasteiger partial charge in [-0.05, 0) is 48.9 Å². The molecular formula is C15H13ClFNO. The molecule has 0 heterocycles. The zero-order valence-corrected chi connectivity index (χ0v) is 11.1. The summed E-state index contributed by atoms with van der Waals surface area (Å²) < 4.78 is 12.8. The standard InChI is InChI=1S/C15H13ClFNO/c1-10(11-2-6-13(16)7-3-11)18-15(19)12-4-8-14(17)9-5-12/h2-10H,1H3,(H,18,19). The van der Waals surface area contributed by atoms with E-state index in [1.807, 2.05) is 19.1 Å². The van der Waals surface area contributed by atoms with E-state index in [0.717, 1.165) is 5.56 Å². The highest BCUT2D eigenvalue weighted by molar-refractivity contribution is 6.30. The molecule has 98 valence electrons. The first-order chi connectivity index (χ1) is 9.06. The van der Waals surface area contributed by atoms with Crippen molar-refractivity contribution in [2.24, 2.45) is 0 Å². The van der Waals surface area contributed by atoms with Gasteiger partial charge in [0.2, 0.25) is 0 Å². The maximum atomic E-state index is 12.8. The second-order valence-electron chi connectivity index (χ2n) is 4.25. The molecule has 0 fully saturated rings. The molecule has 0 saturated carbocycles. The number of hydrogen-bond acceptors (Lipinski definition) is 1. The zero-order chi connectivity index (χ0) is 13.8. The van der Waals surface area contributed by atoms with Crippen molar-refractivity contribution in [3.63, 3.8) is 0 Å². The van der Waals surface area contributed by atoms with Crippen LogP contribution in [0.5, 0.6) is 0 Å². The molecule has 0 aliphatic heterocycles. The van der Waals surface area contributed by atoms with Crippen molar-refractivity contribution in [3.05, 3.63) is 70.5 Å². The molecule has 0 bridgehead atoms. The minimum atomic E-state index is -0.359. The average molecular weight is 278 g/mol. The fourth-order valence-corrected chi connectivity index (χ4v) is 1.84. The van der Waals surface area contributed by atoms with Gasteiger partial charge in [0.25, 0.3) is 5.91 Å². The lowest BCUT2D eigenvalue weighted by Gasteiger charge is -2.14. The van der Waals surface area contributed by atoms with Crippen molar-refractivity contribution < 1.29 is 9.18 Å². The van der Waals surface area contributed by atoms with E-state index in [4.69, 9.17) is 11.6 Å². The van der Waals surface area contributed by atoms with E-state index in [0.29, 0.717) is 10.6 Å². The third-order valence-corrected chi connectivity index (χ3v) is 3.08. The second kappa shape index (κ2) is 5.85. The lowest BCUT2D eigenvalue weighted by molar-refractivity contribution is 0.0940. The molecule has 0 aliphatic carbocycles. The molecular weight excluding hydrogens is 265 g/mol. The van der Waals surface area contributed by atoms with Gasteiger partial charge in [0.05, 0.1) is 6.04 Å². The minimum Gasteiger partial charge on any atom is -0.346 e. The molecule has 2 nitrogen and oxygen atoms in total. The summed E-state index contributed by atoms with van der Waals surface area (Å²) in [5, 5.41) is 3.50. The van der Waals surface area contributed by atoms with Crippen molar-refractivity contribution in [2.45, 2.75) is 13.0 Å². The van der Waals surface area contributed by atoms with E-state index in [1.165, 1.54) is 24.3 Å². The van der Waals surface area contributed by atoms with Crippen molar-refractivity contribution in [1.82, 2.24) is 5.32 Å². The van der Waals surface area contributed by atoms with E-state index < -0.39 is 0 Å². The van der Waals surface area contributed by atoms with E-state index in [-0.39, 0.29) is 17.8 Å². The van der Waals surface area contributed by atoms with Crippen LogP contribution in [0.15, 0.2) is 48.5 Å². The topological polar surface area (TPSA) is 29.1 Å². The predicted molar refractivity (Wildman–Crippen MR) is 73.7 cm³/mol. The van der Waals surface area contributed by atoms with Crippen LogP contribution in [0.25, 0.3) is 0 Å². The summed E-state index contributed by atoms with van der Waals surface area (Å²) in [5.41, 5.74) is 1.39. The molecule has 1 atom stereocenters. The Morgan fingerprint density at radius 1 is 1.11 bits per heavy atom. The lowest BCUT2D eigenvalue weighted by atomic mass is 10.1. The van der Waals surface area contributed by atoms with Gasteiger partial charge >= 0.3 is 0 Å². The SMILES string of the molecule is CC(NC(=O)c1ccc(F)cc1)c1ccc(Cl)cc1. The molecule has 19 heavy (non-hydrogen) atoms. The zero-order valence-electron chi connectivity index (χ0n) is 10.4. The Morgan fingerprint density at radius 3 is 2.26 bits per heavy atom. The normalized spacial score (nSPS) is 11.9. The minimum absolute atomic E-state index is 0.144.